The van der Waals surface area contributed by atoms with Crippen LogP contribution in [-0.4, -0.2) is 30.9 Å². The number of benzene rings is 2. The molecule has 0 radical (unpaired) electrons. The van der Waals surface area contributed by atoms with Crippen LogP contribution in [0.4, 0.5) is 0 Å². The molecule has 1 aliphatic carbocycles. The van der Waals surface area contributed by atoms with Crippen molar-refractivity contribution in [3.8, 4) is 22.9 Å². The molecule has 4 rings (SSSR count). The highest BCUT2D eigenvalue weighted by Crippen LogP contribution is 2.34. The highest BCUT2D eigenvalue weighted by atomic mass is 32.2. The number of rotatable bonds is 6. The molecule has 0 unspecified atom stereocenters. The van der Waals surface area contributed by atoms with Crippen molar-refractivity contribution in [2.45, 2.75) is 25.4 Å². The third kappa shape index (κ3) is 3.93. The van der Waals surface area contributed by atoms with Crippen LogP contribution in [0.15, 0.2) is 48.7 Å². The SMILES string of the molecule is COc1ccc2ncc(C#N)c(-c3ccc(CN(C4CC4)S(N)(=O)=O)cc3)c2c1. The molecule has 2 aromatic carbocycles. The lowest BCUT2D eigenvalue weighted by Gasteiger charge is -2.19. The number of nitrogens with two attached hydrogens (primary N) is 1. The summed E-state index contributed by atoms with van der Waals surface area (Å²) in [5.74, 6) is 0.681. The molecule has 0 atom stereocenters. The lowest BCUT2D eigenvalue weighted by atomic mass is 9.96. The van der Waals surface area contributed by atoms with Gasteiger partial charge in [-0.2, -0.15) is 18.0 Å². The number of methoxy groups -OCH3 is 1. The van der Waals surface area contributed by atoms with Gasteiger partial charge < -0.3 is 4.74 Å². The van der Waals surface area contributed by atoms with Gasteiger partial charge in [0.1, 0.15) is 11.8 Å². The molecule has 7 nitrogen and oxygen atoms in total. The fourth-order valence-corrected chi connectivity index (χ4v) is 4.40. The van der Waals surface area contributed by atoms with Crippen molar-refractivity contribution < 1.29 is 13.2 Å². The molecule has 3 aromatic rings. The third-order valence-electron chi connectivity index (χ3n) is 5.06. The van der Waals surface area contributed by atoms with Gasteiger partial charge in [-0.05, 0) is 42.2 Å². The Kier molecular flexibility index (Phi) is 4.96. The van der Waals surface area contributed by atoms with E-state index >= 15 is 0 Å². The number of hydrogen-bond acceptors (Lipinski definition) is 5. The Balaban J connectivity index is 1.74. The Hall–Kier alpha value is -2.99. The number of aromatic nitrogens is 1. The highest BCUT2D eigenvalue weighted by molar-refractivity contribution is 7.86. The minimum absolute atomic E-state index is 0.00789. The number of nitriles is 1. The molecule has 1 fully saturated rings. The van der Waals surface area contributed by atoms with E-state index in [0.717, 1.165) is 40.4 Å². The van der Waals surface area contributed by atoms with Crippen molar-refractivity contribution in [2.24, 2.45) is 5.14 Å². The molecule has 1 heterocycles. The van der Waals surface area contributed by atoms with Gasteiger partial charge in [-0.25, -0.2) is 5.14 Å². The normalized spacial score (nSPS) is 14.1. The summed E-state index contributed by atoms with van der Waals surface area (Å²) in [6.45, 7) is 0.236. The van der Waals surface area contributed by atoms with Gasteiger partial charge in [-0.3, -0.25) is 4.98 Å². The van der Waals surface area contributed by atoms with Gasteiger partial charge in [0, 0.05) is 29.7 Å². The molecule has 0 spiro atoms. The Morgan fingerprint density at radius 1 is 1.24 bits per heavy atom. The van der Waals surface area contributed by atoms with Crippen LogP contribution < -0.4 is 9.88 Å². The van der Waals surface area contributed by atoms with Crippen LogP contribution in [0.25, 0.3) is 22.0 Å². The molecule has 1 aliphatic rings. The molecular weight excluding hydrogens is 388 g/mol. The fraction of sp³-hybridized carbons (Fsp3) is 0.238. The number of fused-ring (bicyclic) bond motifs is 1. The molecule has 29 heavy (non-hydrogen) atoms. The predicted octanol–water partition coefficient (Wildman–Crippen LogP) is 2.95. The minimum atomic E-state index is -3.74. The second-order valence-corrected chi connectivity index (χ2v) is 8.56. The topological polar surface area (TPSA) is 109 Å². The van der Waals surface area contributed by atoms with E-state index in [1.165, 1.54) is 4.31 Å². The van der Waals surface area contributed by atoms with E-state index in [1.54, 1.807) is 13.3 Å². The van der Waals surface area contributed by atoms with Crippen LogP contribution >= 0.6 is 0 Å². The van der Waals surface area contributed by atoms with Crippen LogP contribution in [0, 0.1) is 11.3 Å². The summed E-state index contributed by atoms with van der Waals surface area (Å²) in [4.78, 5) is 4.36. The van der Waals surface area contributed by atoms with Gasteiger partial charge in [0.25, 0.3) is 10.2 Å². The van der Waals surface area contributed by atoms with E-state index in [0.29, 0.717) is 11.3 Å². The highest BCUT2D eigenvalue weighted by Gasteiger charge is 2.35. The number of hydrogen-bond donors (Lipinski definition) is 1. The molecule has 0 amide bonds. The zero-order valence-corrected chi connectivity index (χ0v) is 16.7. The van der Waals surface area contributed by atoms with Gasteiger partial charge in [0.15, 0.2) is 0 Å². The fourth-order valence-electron chi connectivity index (χ4n) is 3.44. The average molecular weight is 408 g/mol. The quantitative estimate of drug-likeness (QED) is 0.674. The van der Waals surface area contributed by atoms with E-state index in [9.17, 15) is 13.7 Å². The van der Waals surface area contributed by atoms with E-state index in [-0.39, 0.29) is 12.6 Å². The molecule has 1 saturated carbocycles. The predicted molar refractivity (Wildman–Crippen MR) is 110 cm³/mol. The summed E-state index contributed by atoms with van der Waals surface area (Å²) in [7, 11) is -2.15. The van der Waals surface area contributed by atoms with Crippen LogP contribution in [-0.2, 0) is 16.8 Å². The second-order valence-electron chi connectivity index (χ2n) is 7.06. The summed E-state index contributed by atoms with van der Waals surface area (Å²) in [6.07, 6.45) is 3.24. The minimum Gasteiger partial charge on any atom is -0.497 e. The van der Waals surface area contributed by atoms with Crippen molar-refractivity contribution in [3.63, 3.8) is 0 Å². The van der Waals surface area contributed by atoms with Gasteiger partial charge in [0.2, 0.25) is 0 Å². The number of pyridine rings is 1. The second kappa shape index (κ2) is 7.44. The Morgan fingerprint density at radius 2 is 1.97 bits per heavy atom. The van der Waals surface area contributed by atoms with Crippen LogP contribution in [0.1, 0.15) is 24.0 Å². The Morgan fingerprint density at radius 3 is 2.55 bits per heavy atom. The number of ether oxygens (including phenoxy) is 1. The first kappa shape index (κ1) is 19.3. The summed E-state index contributed by atoms with van der Waals surface area (Å²) in [6, 6.07) is 15.2. The standard InChI is InChI=1S/C21H20N4O3S/c1-28-18-8-9-20-19(10-18)21(16(11-22)12-24-20)15-4-2-14(3-5-15)13-25(17-6-7-17)29(23,26)27/h2-5,8-10,12,17H,6-7,13H2,1H3,(H2,23,26,27). The first-order valence-corrected chi connectivity index (χ1v) is 10.7. The molecular formula is C21H20N4O3S. The van der Waals surface area contributed by atoms with Gasteiger partial charge >= 0.3 is 0 Å². The first-order valence-electron chi connectivity index (χ1n) is 9.16. The molecule has 0 aliphatic heterocycles. The Bertz CT molecular complexity index is 1210. The van der Waals surface area contributed by atoms with Crippen LogP contribution in [0.3, 0.4) is 0 Å². The van der Waals surface area contributed by atoms with Crippen molar-refractivity contribution in [2.75, 3.05) is 7.11 Å². The van der Waals surface area contributed by atoms with Crippen molar-refractivity contribution in [1.29, 1.82) is 5.26 Å². The number of nitrogens with zero attached hydrogens (tertiary/aromatic N) is 3. The van der Waals surface area contributed by atoms with Crippen LogP contribution in [0.5, 0.6) is 5.75 Å². The van der Waals surface area contributed by atoms with Gasteiger partial charge in [-0.15, -0.1) is 0 Å². The molecule has 1 aromatic heterocycles. The van der Waals surface area contributed by atoms with E-state index in [1.807, 2.05) is 42.5 Å². The maximum Gasteiger partial charge on any atom is 0.277 e. The summed E-state index contributed by atoms with van der Waals surface area (Å²) < 4.78 is 30.4. The molecule has 0 bridgehead atoms. The van der Waals surface area contributed by atoms with E-state index in [4.69, 9.17) is 9.88 Å². The lowest BCUT2D eigenvalue weighted by molar-refractivity contribution is 0.399. The third-order valence-corrected chi connectivity index (χ3v) is 6.14. The zero-order valence-electron chi connectivity index (χ0n) is 15.9. The largest absolute Gasteiger partial charge is 0.497 e. The average Bonchev–Trinajstić information content (AvgIpc) is 3.55. The van der Waals surface area contributed by atoms with Crippen molar-refractivity contribution in [1.82, 2.24) is 9.29 Å². The maximum absolute atomic E-state index is 11.8. The molecule has 0 saturated heterocycles. The molecule has 8 heteroatoms. The summed E-state index contributed by atoms with van der Waals surface area (Å²) in [5.41, 5.74) is 3.68. The van der Waals surface area contributed by atoms with Crippen LogP contribution in [0.2, 0.25) is 0 Å². The summed E-state index contributed by atoms with van der Waals surface area (Å²) >= 11 is 0. The smallest absolute Gasteiger partial charge is 0.277 e. The molecule has 2 N–H and O–H groups in total. The van der Waals surface area contributed by atoms with Gasteiger partial charge in [-0.1, -0.05) is 24.3 Å². The van der Waals surface area contributed by atoms with Crippen molar-refractivity contribution in [3.05, 3.63) is 59.8 Å². The summed E-state index contributed by atoms with van der Waals surface area (Å²) in [5, 5.41) is 15.8. The Labute approximate surface area is 169 Å². The van der Waals surface area contributed by atoms with Gasteiger partial charge in [0.05, 0.1) is 18.2 Å². The lowest BCUT2D eigenvalue weighted by Crippen LogP contribution is -2.37. The zero-order chi connectivity index (χ0) is 20.6. The monoisotopic (exact) mass is 408 g/mol. The van der Waals surface area contributed by atoms with E-state index < -0.39 is 10.2 Å². The molecule has 148 valence electrons. The van der Waals surface area contributed by atoms with E-state index in [2.05, 4.69) is 11.1 Å². The van der Waals surface area contributed by atoms with Crippen molar-refractivity contribution >= 4 is 21.1 Å². The maximum atomic E-state index is 11.8. The first-order chi connectivity index (χ1) is 13.9.